The number of aliphatic hydroxyl groups is 1. The van der Waals surface area contributed by atoms with Gasteiger partial charge in [-0.15, -0.1) is 0 Å². The number of fused-ring (bicyclic) bond motifs is 1. The molecule has 1 aliphatic heterocycles. The fourth-order valence-corrected chi connectivity index (χ4v) is 3.58. The van der Waals surface area contributed by atoms with Crippen molar-refractivity contribution in [1.29, 1.82) is 0 Å². The van der Waals surface area contributed by atoms with Gasteiger partial charge in [0.15, 0.2) is 0 Å². The van der Waals surface area contributed by atoms with E-state index in [0.717, 1.165) is 0 Å². The molecule has 4 nitrogen and oxygen atoms in total. The Morgan fingerprint density at radius 3 is 2.67 bits per heavy atom. The summed E-state index contributed by atoms with van der Waals surface area (Å²) in [5.41, 5.74) is 0.590. The van der Waals surface area contributed by atoms with E-state index in [4.69, 9.17) is 39.5 Å². The average Bonchev–Trinajstić information content (AvgIpc) is 2.38. The third-order valence-corrected chi connectivity index (χ3v) is 4.33. The molecule has 0 aromatic heterocycles. The fourth-order valence-electron chi connectivity index (χ4n) is 1.73. The summed E-state index contributed by atoms with van der Waals surface area (Å²) in [7, 11) is 0. The fraction of sp³-hybridized carbons (Fsp3) is 0.300. The number of hydrogen-bond donors (Lipinski definition) is 2. The van der Waals surface area contributed by atoms with Crippen molar-refractivity contribution in [3.05, 3.63) is 33.3 Å². The molecule has 18 heavy (non-hydrogen) atoms. The molecular formula is C10H7Cl3INO3. The van der Waals surface area contributed by atoms with E-state index < -0.39 is 14.9 Å². The SMILES string of the molecule is CC(=O)NC1(Cl)OC(O)(I)c2ccc(Cl)c(Cl)c21. The smallest absolute Gasteiger partial charge is 0.251 e. The van der Waals surface area contributed by atoms with Gasteiger partial charge in [0.1, 0.15) is 0 Å². The molecule has 0 saturated heterocycles. The molecule has 1 aromatic carbocycles. The third kappa shape index (κ3) is 2.32. The Hall–Kier alpha value is 0.210. The second-order valence-electron chi connectivity index (χ2n) is 3.72. The van der Waals surface area contributed by atoms with Crippen molar-refractivity contribution in [2.24, 2.45) is 0 Å². The lowest BCUT2D eigenvalue weighted by Gasteiger charge is -2.25. The van der Waals surface area contributed by atoms with Crippen LogP contribution in [0.4, 0.5) is 0 Å². The lowest BCUT2D eigenvalue weighted by atomic mass is 10.1. The van der Waals surface area contributed by atoms with Crippen molar-refractivity contribution in [1.82, 2.24) is 5.32 Å². The summed E-state index contributed by atoms with van der Waals surface area (Å²) in [6.45, 7) is 1.27. The summed E-state index contributed by atoms with van der Waals surface area (Å²) in [6.07, 6.45) is 0. The van der Waals surface area contributed by atoms with E-state index >= 15 is 0 Å². The molecule has 1 aliphatic rings. The number of benzene rings is 1. The van der Waals surface area contributed by atoms with Gasteiger partial charge in [-0.2, -0.15) is 0 Å². The van der Waals surface area contributed by atoms with Gasteiger partial charge in [-0.25, -0.2) is 0 Å². The number of alkyl halides is 2. The normalized spacial score (nSPS) is 30.1. The van der Waals surface area contributed by atoms with Crippen molar-refractivity contribution in [3.63, 3.8) is 0 Å². The van der Waals surface area contributed by atoms with E-state index in [-0.39, 0.29) is 15.6 Å². The molecular weight excluding hydrogens is 415 g/mol. The van der Waals surface area contributed by atoms with Crippen LogP contribution in [0.2, 0.25) is 10.0 Å². The maximum atomic E-state index is 11.2. The summed E-state index contributed by atoms with van der Waals surface area (Å²) in [6, 6.07) is 3.06. The van der Waals surface area contributed by atoms with Gasteiger partial charge in [0.05, 0.1) is 15.6 Å². The molecule has 2 rings (SSSR count). The van der Waals surface area contributed by atoms with E-state index in [0.29, 0.717) is 5.56 Å². The number of halogens is 4. The predicted molar refractivity (Wildman–Crippen MR) is 76.8 cm³/mol. The van der Waals surface area contributed by atoms with Gasteiger partial charge in [0, 0.05) is 12.5 Å². The zero-order valence-electron chi connectivity index (χ0n) is 8.93. The van der Waals surface area contributed by atoms with Crippen molar-refractivity contribution in [2.75, 3.05) is 0 Å². The minimum absolute atomic E-state index is 0.130. The van der Waals surface area contributed by atoms with Crippen LogP contribution in [0, 0.1) is 0 Å². The van der Waals surface area contributed by atoms with Crippen LogP contribution in [-0.2, 0) is 18.5 Å². The van der Waals surface area contributed by atoms with Gasteiger partial charge in [0.25, 0.3) is 5.18 Å². The number of amides is 1. The molecule has 0 bridgehead atoms. The van der Waals surface area contributed by atoms with E-state index in [1.165, 1.54) is 13.0 Å². The third-order valence-electron chi connectivity index (χ3n) is 2.36. The number of ether oxygens (including phenoxy) is 1. The first-order valence-electron chi connectivity index (χ1n) is 4.75. The zero-order chi connectivity index (χ0) is 13.7. The van der Waals surface area contributed by atoms with Gasteiger partial charge >= 0.3 is 0 Å². The first-order chi connectivity index (χ1) is 8.17. The Bertz CT molecular complexity index is 537. The Balaban J connectivity index is 2.66. The molecule has 0 saturated carbocycles. The van der Waals surface area contributed by atoms with Crippen molar-refractivity contribution in [3.8, 4) is 0 Å². The number of rotatable bonds is 1. The molecule has 1 amide bonds. The zero-order valence-corrected chi connectivity index (χ0v) is 13.4. The molecule has 2 N–H and O–H groups in total. The minimum Gasteiger partial charge on any atom is -0.354 e. The second-order valence-corrected chi connectivity index (χ2v) is 6.50. The maximum Gasteiger partial charge on any atom is 0.251 e. The highest BCUT2D eigenvalue weighted by Gasteiger charge is 2.53. The molecule has 0 fully saturated rings. The summed E-state index contributed by atoms with van der Waals surface area (Å²) in [5, 5.41) is 11.2. The molecule has 8 heteroatoms. The van der Waals surface area contributed by atoms with E-state index in [1.807, 2.05) is 0 Å². The quantitative estimate of drug-likeness (QED) is 0.416. The van der Waals surface area contributed by atoms with Crippen LogP contribution < -0.4 is 5.32 Å². The summed E-state index contributed by atoms with van der Waals surface area (Å²) in [5.74, 6) is -0.430. The van der Waals surface area contributed by atoms with Crippen molar-refractivity contribution in [2.45, 2.75) is 15.9 Å². The van der Waals surface area contributed by atoms with Gasteiger partial charge in [-0.1, -0.05) is 40.9 Å². The lowest BCUT2D eigenvalue weighted by Crippen LogP contribution is -2.41. The van der Waals surface area contributed by atoms with Crippen LogP contribution in [0.1, 0.15) is 18.1 Å². The second kappa shape index (κ2) is 4.64. The molecule has 0 spiro atoms. The minimum atomic E-state index is -1.74. The highest BCUT2D eigenvalue weighted by Crippen LogP contribution is 2.53. The first kappa shape index (κ1) is 14.6. The van der Waals surface area contributed by atoms with Gasteiger partial charge in [-0.3, -0.25) is 9.53 Å². The molecule has 1 heterocycles. The van der Waals surface area contributed by atoms with Gasteiger partial charge in [0.2, 0.25) is 9.70 Å². The van der Waals surface area contributed by atoms with Crippen LogP contribution in [-0.4, -0.2) is 11.0 Å². The van der Waals surface area contributed by atoms with Crippen LogP contribution in [0.5, 0.6) is 0 Å². The Labute approximate surface area is 132 Å². The number of carbonyl (C=O) groups is 1. The summed E-state index contributed by atoms with van der Waals surface area (Å²) in [4.78, 5) is 11.2. The topological polar surface area (TPSA) is 58.6 Å². The van der Waals surface area contributed by atoms with Gasteiger partial charge in [-0.05, 0) is 28.7 Å². The number of nitrogens with one attached hydrogen (secondary N) is 1. The van der Waals surface area contributed by atoms with Gasteiger partial charge < -0.3 is 10.4 Å². The molecule has 1 aromatic rings. The molecule has 0 radical (unpaired) electrons. The van der Waals surface area contributed by atoms with Crippen molar-refractivity contribution < 1.29 is 14.6 Å². The number of carbonyl (C=O) groups excluding carboxylic acids is 1. The maximum absolute atomic E-state index is 11.2. The molecule has 98 valence electrons. The van der Waals surface area contributed by atoms with E-state index in [9.17, 15) is 9.90 Å². The average molecular weight is 422 g/mol. The highest BCUT2D eigenvalue weighted by molar-refractivity contribution is 14.1. The van der Waals surface area contributed by atoms with E-state index in [2.05, 4.69) is 5.32 Å². The van der Waals surface area contributed by atoms with Crippen LogP contribution in [0.15, 0.2) is 12.1 Å². The standard InChI is InChI=1S/C10H7Cl3INO3/c1-4(16)15-9(13)7-5(10(14,17)18-9)2-3-6(11)8(7)12/h2-3,17H,1H3,(H,15,16). The monoisotopic (exact) mass is 421 g/mol. The highest BCUT2D eigenvalue weighted by atomic mass is 127. The van der Waals surface area contributed by atoms with Crippen LogP contribution >= 0.6 is 57.4 Å². The Morgan fingerprint density at radius 2 is 2.11 bits per heavy atom. The Kier molecular flexibility index (Phi) is 3.77. The largest absolute Gasteiger partial charge is 0.354 e. The van der Waals surface area contributed by atoms with E-state index in [1.54, 1.807) is 28.7 Å². The summed E-state index contributed by atoms with van der Waals surface area (Å²) < 4.78 is 3.60. The molecule has 2 atom stereocenters. The van der Waals surface area contributed by atoms with Crippen LogP contribution in [0.3, 0.4) is 0 Å². The molecule has 2 unspecified atom stereocenters. The lowest BCUT2D eigenvalue weighted by molar-refractivity contribution is -0.168. The number of hydrogen-bond acceptors (Lipinski definition) is 3. The predicted octanol–water partition coefficient (Wildman–Crippen LogP) is 3.05. The van der Waals surface area contributed by atoms with Crippen LogP contribution in [0.25, 0.3) is 0 Å². The first-order valence-corrected chi connectivity index (χ1v) is 6.97. The van der Waals surface area contributed by atoms with Crippen molar-refractivity contribution >= 4 is 63.3 Å². The summed E-state index contributed by atoms with van der Waals surface area (Å²) >= 11 is 19.8. The Morgan fingerprint density at radius 1 is 1.50 bits per heavy atom. The molecule has 0 aliphatic carbocycles.